The van der Waals surface area contributed by atoms with Crippen molar-refractivity contribution in [1.29, 1.82) is 5.26 Å². The molecule has 4 aromatic heterocycles. The standard InChI is InChI=1S/C28H30N10O/c1-30-17-24-4-3-7-37(24)28(39)36-10-8-35(9-11-36)26-6-5-20(14-31-26)25-12-21(23-16-32-34(2)18-23)19-38-27(25)22(13-29)15-33-38/h5-6,12,14-19,24H,3-4,7-11H2,1-2H3/b30-17-/t24-/m0/s1. The maximum absolute atomic E-state index is 13.1. The number of carbonyl (C=O) groups is 1. The van der Waals surface area contributed by atoms with Crippen LogP contribution in [0.1, 0.15) is 18.4 Å². The maximum Gasteiger partial charge on any atom is 0.320 e. The van der Waals surface area contributed by atoms with Crippen molar-refractivity contribution in [3.63, 3.8) is 0 Å². The van der Waals surface area contributed by atoms with Gasteiger partial charge in [0.05, 0.1) is 29.5 Å². The quantitative estimate of drug-likeness (QED) is 0.381. The van der Waals surface area contributed by atoms with E-state index in [2.05, 4.69) is 32.2 Å². The van der Waals surface area contributed by atoms with Gasteiger partial charge in [-0.25, -0.2) is 14.3 Å². The van der Waals surface area contributed by atoms with Crippen molar-refractivity contribution in [2.45, 2.75) is 18.9 Å². The predicted molar refractivity (Wildman–Crippen MR) is 149 cm³/mol. The first kappa shape index (κ1) is 24.6. The predicted octanol–water partition coefficient (Wildman–Crippen LogP) is 3.08. The molecule has 0 unspecified atom stereocenters. The van der Waals surface area contributed by atoms with Crippen molar-refractivity contribution in [1.82, 2.24) is 34.2 Å². The van der Waals surface area contributed by atoms with Crippen LogP contribution in [0.25, 0.3) is 27.8 Å². The van der Waals surface area contributed by atoms with E-state index in [1.54, 1.807) is 22.4 Å². The number of hydrogen-bond acceptors (Lipinski definition) is 7. The number of pyridine rings is 2. The summed E-state index contributed by atoms with van der Waals surface area (Å²) in [6.07, 6.45) is 13.0. The Morgan fingerprint density at radius 3 is 2.59 bits per heavy atom. The summed E-state index contributed by atoms with van der Waals surface area (Å²) in [6, 6.07) is 8.58. The monoisotopic (exact) mass is 522 g/mol. The Kier molecular flexibility index (Phi) is 6.44. The number of nitrogens with zero attached hydrogens (tertiary/aromatic N) is 10. The molecule has 0 aromatic carbocycles. The van der Waals surface area contributed by atoms with Crippen LogP contribution in [0.5, 0.6) is 0 Å². The fourth-order valence-electron chi connectivity index (χ4n) is 5.55. The number of nitriles is 1. The van der Waals surface area contributed by atoms with Crippen LogP contribution in [0.4, 0.5) is 10.6 Å². The van der Waals surface area contributed by atoms with Crippen molar-refractivity contribution < 1.29 is 4.79 Å². The van der Waals surface area contributed by atoms with Crippen molar-refractivity contribution in [3.8, 4) is 28.3 Å². The SMILES string of the molecule is C/N=C\[C@@H]1CCCN1C(=O)N1CCN(c2ccc(-c3cc(-c4cnn(C)c4)cn4ncc(C#N)c34)cn2)CC1. The lowest BCUT2D eigenvalue weighted by Gasteiger charge is -2.38. The molecule has 1 atom stereocenters. The maximum atomic E-state index is 13.1. The topological polar surface area (TPSA) is 111 Å². The average molecular weight is 523 g/mol. The minimum atomic E-state index is 0.104. The van der Waals surface area contributed by atoms with Gasteiger partial charge in [-0.2, -0.15) is 15.5 Å². The molecular weight excluding hydrogens is 492 g/mol. The van der Waals surface area contributed by atoms with E-state index in [1.807, 2.05) is 60.0 Å². The first-order chi connectivity index (χ1) is 19.1. The average Bonchev–Trinajstić information content (AvgIpc) is 3.72. The first-order valence-corrected chi connectivity index (χ1v) is 13.2. The van der Waals surface area contributed by atoms with E-state index in [1.165, 1.54) is 0 Å². The molecule has 2 amide bonds. The summed E-state index contributed by atoms with van der Waals surface area (Å²) in [4.78, 5) is 28.1. The molecule has 4 aromatic rings. The van der Waals surface area contributed by atoms with E-state index in [0.29, 0.717) is 18.7 Å². The zero-order valence-electron chi connectivity index (χ0n) is 22.1. The van der Waals surface area contributed by atoms with E-state index in [0.717, 1.165) is 66.1 Å². The summed E-state index contributed by atoms with van der Waals surface area (Å²) in [5.41, 5.74) is 4.97. The van der Waals surface area contributed by atoms with Crippen LogP contribution >= 0.6 is 0 Å². The Balaban J connectivity index is 1.21. The molecule has 11 nitrogen and oxygen atoms in total. The van der Waals surface area contributed by atoms with Gasteiger partial charge in [0.15, 0.2) is 0 Å². The Bertz CT molecular complexity index is 1570. The number of rotatable bonds is 4. The normalized spacial score (nSPS) is 17.9. The molecule has 2 aliphatic heterocycles. The molecule has 11 heteroatoms. The molecule has 6 heterocycles. The molecule has 0 N–H and O–H groups in total. The molecular formula is C28H30N10O. The van der Waals surface area contributed by atoms with Crippen LogP contribution in [-0.2, 0) is 7.05 Å². The summed E-state index contributed by atoms with van der Waals surface area (Å²) >= 11 is 0. The van der Waals surface area contributed by atoms with Crippen LogP contribution < -0.4 is 4.90 Å². The number of piperazine rings is 1. The molecule has 0 radical (unpaired) electrons. The molecule has 2 fully saturated rings. The molecule has 0 aliphatic carbocycles. The van der Waals surface area contributed by atoms with Gasteiger partial charge in [0.25, 0.3) is 0 Å². The largest absolute Gasteiger partial charge is 0.353 e. The molecule has 39 heavy (non-hydrogen) atoms. The van der Waals surface area contributed by atoms with E-state index < -0.39 is 0 Å². The number of urea groups is 1. The molecule has 2 saturated heterocycles. The third-order valence-corrected chi connectivity index (χ3v) is 7.57. The van der Waals surface area contributed by atoms with Gasteiger partial charge in [-0.05, 0) is 31.0 Å². The van der Waals surface area contributed by atoms with Crippen LogP contribution in [0.2, 0.25) is 0 Å². The highest BCUT2D eigenvalue weighted by molar-refractivity contribution is 5.87. The van der Waals surface area contributed by atoms with Crippen LogP contribution in [0, 0.1) is 11.3 Å². The highest BCUT2D eigenvalue weighted by Gasteiger charge is 2.32. The zero-order valence-corrected chi connectivity index (χ0v) is 22.1. The van der Waals surface area contributed by atoms with Gasteiger partial charge in [0.1, 0.15) is 11.9 Å². The lowest BCUT2D eigenvalue weighted by atomic mass is 10.0. The second-order valence-electron chi connectivity index (χ2n) is 9.98. The third-order valence-electron chi connectivity index (χ3n) is 7.57. The van der Waals surface area contributed by atoms with Crippen molar-refractivity contribution in [2.75, 3.05) is 44.7 Å². The molecule has 0 saturated carbocycles. The lowest BCUT2D eigenvalue weighted by Crippen LogP contribution is -2.54. The van der Waals surface area contributed by atoms with Crippen LogP contribution in [0.15, 0.2) is 54.2 Å². The number of fused-ring (bicyclic) bond motifs is 1. The molecule has 2 aliphatic rings. The molecule has 0 spiro atoms. The number of aliphatic imine (C=N–C) groups is 1. The van der Waals surface area contributed by atoms with Gasteiger partial charge in [0.2, 0.25) is 0 Å². The van der Waals surface area contributed by atoms with Gasteiger partial charge in [-0.15, -0.1) is 0 Å². The second-order valence-corrected chi connectivity index (χ2v) is 9.98. The summed E-state index contributed by atoms with van der Waals surface area (Å²) < 4.78 is 3.51. The highest BCUT2D eigenvalue weighted by Crippen LogP contribution is 2.32. The number of carbonyl (C=O) groups excluding carboxylic acids is 1. The fraction of sp³-hybridized carbons (Fsp3) is 0.357. The Morgan fingerprint density at radius 1 is 1.05 bits per heavy atom. The van der Waals surface area contributed by atoms with Crippen molar-refractivity contribution >= 4 is 23.6 Å². The Morgan fingerprint density at radius 2 is 1.90 bits per heavy atom. The summed E-state index contributed by atoms with van der Waals surface area (Å²) in [5.74, 6) is 0.872. The van der Waals surface area contributed by atoms with Gasteiger partial charge in [-0.1, -0.05) is 0 Å². The zero-order chi connectivity index (χ0) is 26.9. The smallest absolute Gasteiger partial charge is 0.320 e. The number of anilines is 1. The number of hydrogen-bond donors (Lipinski definition) is 0. The van der Waals surface area contributed by atoms with E-state index in [-0.39, 0.29) is 12.1 Å². The molecule has 198 valence electrons. The highest BCUT2D eigenvalue weighted by atomic mass is 16.2. The van der Waals surface area contributed by atoms with Crippen molar-refractivity contribution in [3.05, 3.63) is 54.7 Å². The van der Waals surface area contributed by atoms with Gasteiger partial charge < -0.3 is 14.7 Å². The number of aromatic nitrogens is 5. The minimum Gasteiger partial charge on any atom is -0.353 e. The number of aryl methyl sites for hydroxylation is 1. The van der Waals surface area contributed by atoms with Crippen LogP contribution in [0.3, 0.4) is 0 Å². The molecule has 0 bridgehead atoms. The van der Waals surface area contributed by atoms with E-state index in [4.69, 9.17) is 4.98 Å². The van der Waals surface area contributed by atoms with E-state index in [9.17, 15) is 10.1 Å². The van der Waals surface area contributed by atoms with Gasteiger partial charge in [-0.3, -0.25) is 9.67 Å². The summed E-state index contributed by atoms with van der Waals surface area (Å²) in [5, 5.41) is 18.4. The van der Waals surface area contributed by atoms with Gasteiger partial charge in [0, 0.05) is 93.9 Å². The lowest BCUT2D eigenvalue weighted by molar-refractivity contribution is 0.154. The second kappa shape index (κ2) is 10.2. The summed E-state index contributed by atoms with van der Waals surface area (Å²) in [7, 11) is 3.64. The van der Waals surface area contributed by atoms with Crippen molar-refractivity contribution in [2.24, 2.45) is 12.0 Å². The Hall–Kier alpha value is -4.72. The number of amides is 2. The Labute approximate surface area is 226 Å². The fourth-order valence-corrected chi connectivity index (χ4v) is 5.55. The summed E-state index contributed by atoms with van der Waals surface area (Å²) in [6.45, 7) is 3.55. The van der Waals surface area contributed by atoms with E-state index >= 15 is 0 Å². The first-order valence-electron chi connectivity index (χ1n) is 13.2. The van der Waals surface area contributed by atoms with Crippen LogP contribution in [-0.4, -0.2) is 92.2 Å². The minimum absolute atomic E-state index is 0.104. The molecule has 6 rings (SSSR count). The number of likely N-dealkylation sites (tertiary alicyclic amines) is 1. The van der Waals surface area contributed by atoms with Gasteiger partial charge >= 0.3 is 6.03 Å². The third kappa shape index (κ3) is 4.58.